The van der Waals surface area contributed by atoms with Crippen LogP contribution in [0.2, 0.25) is 0 Å². The van der Waals surface area contributed by atoms with E-state index in [4.69, 9.17) is 5.11 Å². The first-order valence-electron chi connectivity index (χ1n) is 7.18. The smallest absolute Gasteiger partial charge is 0.323 e. The third kappa shape index (κ3) is 3.54. The van der Waals surface area contributed by atoms with E-state index in [1.807, 2.05) is 41.8 Å². The number of carbonyl (C=O) groups is 1. The van der Waals surface area contributed by atoms with Crippen LogP contribution >= 0.6 is 24.0 Å². The van der Waals surface area contributed by atoms with Gasteiger partial charge in [-0.15, -0.1) is 11.3 Å². The van der Waals surface area contributed by atoms with Gasteiger partial charge in [-0.3, -0.25) is 14.9 Å². The molecule has 25 heavy (non-hydrogen) atoms. The number of carboxylic acids is 1. The number of hydrogen-bond acceptors (Lipinski definition) is 6. The normalized spacial score (nSPS) is 11.9. The van der Waals surface area contributed by atoms with Gasteiger partial charge in [0.25, 0.3) is 5.69 Å². The van der Waals surface area contributed by atoms with E-state index in [9.17, 15) is 14.9 Å². The molecule has 0 bridgehead atoms. The topological polar surface area (TPSA) is 93.3 Å². The van der Waals surface area contributed by atoms with Gasteiger partial charge in [-0.05, 0) is 11.3 Å². The zero-order valence-electron chi connectivity index (χ0n) is 12.7. The quantitative estimate of drug-likeness (QED) is 0.320. The summed E-state index contributed by atoms with van der Waals surface area (Å²) in [6, 6.07) is 14.8. The van der Waals surface area contributed by atoms with Gasteiger partial charge in [-0.1, -0.05) is 36.4 Å². The van der Waals surface area contributed by atoms with E-state index in [0.29, 0.717) is 5.01 Å². The summed E-state index contributed by atoms with van der Waals surface area (Å²) in [6.45, 7) is 0. The molecule has 0 saturated heterocycles. The number of rotatable bonds is 4. The van der Waals surface area contributed by atoms with Crippen molar-refractivity contribution in [2.45, 2.75) is 5.25 Å². The number of thiol groups is 1. The second-order valence-corrected chi connectivity index (χ2v) is 6.57. The molecule has 1 heterocycles. The van der Waals surface area contributed by atoms with Gasteiger partial charge in [0.1, 0.15) is 5.01 Å². The Kier molecular flexibility index (Phi) is 4.82. The summed E-state index contributed by atoms with van der Waals surface area (Å²) in [7, 11) is 0. The Balaban J connectivity index is 0.000000170. The van der Waals surface area contributed by atoms with E-state index >= 15 is 0 Å². The first-order valence-corrected chi connectivity index (χ1v) is 8.57. The molecule has 8 heteroatoms. The second-order valence-electron chi connectivity index (χ2n) is 5.17. The van der Waals surface area contributed by atoms with Crippen LogP contribution in [0.15, 0.2) is 53.9 Å². The lowest BCUT2D eigenvalue weighted by atomic mass is 10.1. The SMILES string of the molecule is O=C(O)C(S)c1nc(-c2ccccc2)cs1.O=[N+]([O-])c1cc2ccc1=2. The van der Waals surface area contributed by atoms with Crippen molar-refractivity contribution in [3.8, 4) is 11.3 Å². The van der Waals surface area contributed by atoms with Gasteiger partial charge >= 0.3 is 5.97 Å². The van der Waals surface area contributed by atoms with Gasteiger partial charge in [0.15, 0.2) is 5.25 Å². The molecule has 1 N–H and O–H groups in total. The number of thiazole rings is 1. The van der Waals surface area contributed by atoms with Crippen molar-refractivity contribution in [1.29, 1.82) is 0 Å². The number of nitrogens with zero attached hydrogens (tertiary/aromatic N) is 2. The van der Waals surface area contributed by atoms with Gasteiger partial charge in [-0.25, -0.2) is 4.98 Å². The summed E-state index contributed by atoms with van der Waals surface area (Å²) >= 11 is 5.30. The monoisotopic (exact) mass is 372 g/mol. The molecule has 1 aromatic heterocycles. The summed E-state index contributed by atoms with van der Waals surface area (Å²) in [5, 5.41) is 22.2. The fourth-order valence-corrected chi connectivity index (χ4v) is 3.22. The maximum atomic E-state index is 10.7. The van der Waals surface area contributed by atoms with E-state index in [2.05, 4.69) is 17.6 Å². The molecule has 1 aromatic carbocycles. The zero-order valence-corrected chi connectivity index (χ0v) is 14.4. The van der Waals surface area contributed by atoms with Crippen molar-refractivity contribution in [1.82, 2.24) is 4.98 Å². The van der Waals surface area contributed by atoms with Crippen molar-refractivity contribution in [2.24, 2.45) is 0 Å². The molecule has 1 unspecified atom stereocenters. The Morgan fingerprint density at radius 3 is 2.40 bits per heavy atom. The highest BCUT2D eigenvalue weighted by atomic mass is 32.1. The maximum absolute atomic E-state index is 10.7. The van der Waals surface area contributed by atoms with Crippen molar-refractivity contribution in [2.75, 3.05) is 0 Å². The Bertz CT molecular complexity index is 1030. The van der Waals surface area contributed by atoms with Crippen LogP contribution in [-0.4, -0.2) is 21.0 Å². The predicted molar refractivity (Wildman–Crippen MR) is 97.7 cm³/mol. The molecular weight excluding hydrogens is 360 g/mol. The molecule has 2 aliphatic rings. The molecule has 126 valence electrons. The third-order valence-corrected chi connectivity index (χ3v) is 5.11. The number of aliphatic carboxylic acids is 1. The molecule has 0 saturated carbocycles. The van der Waals surface area contributed by atoms with Crippen molar-refractivity contribution in [3.63, 3.8) is 0 Å². The predicted octanol–water partition coefficient (Wildman–Crippen LogP) is 4.06. The summed E-state index contributed by atoms with van der Waals surface area (Å²) < 4.78 is 0. The number of benzene rings is 2. The van der Waals surface area contributed by atoms with Crippen LogP contribution in [-0.2, 0) is 4.79 Å². The van der Waals surface area contributed by atoms with Crippen LogP contribution in [0.3, 0.4) is 0 Å². The number of nitro benzene ring substituents is 1. The van der Waals surface area contributed by atoms with E-state index in [1.165, 1.54) is 11.3 Å². The van der Waals surface area contributed by atoms with Gasteiger partial charge in [0.2, 0.25) is 0 Å². The minimum absolute atomic E-state index is 0.257. The fourth-order valence-electron chi connectivity index (χ4n) is 2.18. The van der Waals surface area contributed by atoms with Crippen molar-refractivity contribution in [3.05, 3.63) is 79.5 Å². The lowest BCUT2D eigenvalue weighted by Crippen LogP contribution is -2.04. The van der Waals surface area contributed by atoms with Gasteiger partial charge in [0, 0.05) is 17.0 Å². The lowest BCUT2D eigenvalue weighted by molar-refractivity contribution is -0.386. The molecule has 0 aliphatic heterocycles. The average Bonchev–Trinajstić information content (AvgIpc) is 3.07. The third-order valence-electron chi connectivity index (χ3n) is 3.56. The van der Waals surface area contributed by atoms with Gasteiger partial charge in [-0.2, -0.15) is 12.6 Å². The number of nitro groups is 1. The number of non-ortho nitro benzene ring substituents is 1. The van der Waals surface area contributed by atoms with Crippen molar-refractivity contribution >= 4 is 35.6 Å². The summed E-state index contributed by atoms with van der Waals surface area (Å²) in [5.41, 5.74) is 2.03. The molecule has 4 rings (SSSR count). The van der Waals surface area contributed by atoms with Crippen LogP contribution in [0.1, 0.15) is 10.3 Å². The Labute approximate surface area is 151 Å². The molecule has 0 spiro atoms. The molecule has 6 nitrogen and oxygen atoms in total. The first-order chi connectivity index (χ1) is 12.0. The molecule has 2 aliphatic carbocycles. The highest BCUT2D eigenvalue weighted by Gasteiger charge is 2.18. The van der Waals surface area contributed by atoms with Crippen LogP contribution in [0.4, 0.5) is 5.69 Å². The van der Waals surface area contributed by atoms with Gasteiger partial charge in [0.05, 0.1) is 15.8 Å². The first kappa shape index (κ1) is 17.1. The number of carboxylic acid groups (broad SMARTS) is 1. The Hall–Kier alpha value is -2.71. The highest BCUT2D eigenvalue weighted by Crippen LogP contribution is 2.28. The van der Waals surface area contributed by atoms with E-state index < -0.39 is 11.2 Å². The largest absolute Gasteiger partial charge is 0.480 e. The van der Waals surface area contributed by atoms with E-state index in [0.717, 1.165) is 21.7 Å². The highest BCUT2D eigenvalue weighted by molar-refractivity contribution is 7.81. The molecular formula is C17H12N2O4S2. The summed E-state index contributed by atoms with van der Waals surface area (Å²) in [4.78, 5) is 24.7. The zero-order chi connectivity index (χ0) is 18.0. The van der Waals surface area contributed by atoms with Crippen LogP contribution in [0.25, 0.3) is 11.3 Å². The standard InChI is InChI=1S/C11H9NO2S2.C6H3NO2/c13-11(14)9(15)10-12-8(6-16-10)7-4-2-1-3-5-7;8-7(9)6-3-4-1-2-5(4)6/h1-6,9,15H,(H,13,14);1-3H. The minimum atomic E-state index is -0.975. The van der Waals surface area contributed by atoms with Crippen molar-refractivity contribution < 1.29 is 14.8 Å². The Morgan fingerprint density at radius 1 is 1.24 bits per heavy atom. The lowest BCUT2D eigenvalue weighted by Gasteiger charge is -2.01. The number of hydrogen-bond donors (Lipinski definition) is 2. The molecule has 2 aromatic rings. The van der Waals surface area contributed by atoms with Crippen LogP contribution < -0.4 is 0 Å². The summed E-state index contributed by atoms with van der Waals surface area (Å²) in [5.74, 6) is -0.975. The molecule has 0 radical (unpaired) electrons. The van der Waals surface area contributed by atoms with Crippen LogP contribution in [0.5, 0.6) is 0 Å². The van der Waals surface area contributed by atoms with E-state index in [-0.39, 0.29) is 10.6 Å². The molecule has 1 atom stereocenters. The fraction of sp³-hybridized carbons (Fsp3) is 0.0588. The summed E-state index contributed by atoms with van der Waals surface area (Å²) in [6.07, 6.45) is 0. The average molecular weight is 372 g/mol. The molecule has 0 amide bonds. The Morgan fingerprint density at radius 2 is 1.96 bits per heavy atom. The second kappa shape index (κ2) is 7.04. The van der Waals surface area contributed by atoms with Crippen LogP contribution in [0, 0.1) is 20.6 Å². The maximum Gasteiger partial charge on any atom is 0.323 e. The van der Waals surface area contributed by atoms with Gasteiger partial charge < -0.3 is 5.11 Å². The minimum Gasteiger partial charge on any atom is -0.480 e. The van der Waals surface area contributed by atoms with E-state index in [1.54, 1.807) is 12.1 Å². The molecule has 0 fully saturated rings. The number of aromatic nitrogens is 1.